The zero-order chi connectivity index (χ0) is 40.1. The fourth-order valence-electron chi connectivity index (χ4n) is 6.15. The van der Waals surface area contributed by atoms with Crippen molar-refractivity contribution in [3.63, 3.8) is 0 Å². The Morgan fingerprint density at radius 1 is 0.382 bits per heavy atom. The first-order chi connectivity index (χ1) is 27.0. The number of carbonyl (C=O) groups excluding carboxylic acids is 3. The lowest BCUT2D eigenvalue weighted by atomic mass is 10.1. The van der Waals surface area contributed by atoms with Gasteiger partial charge in [-0.1, -0.05) is 191 Å². The smallest absolute Gasteiger partial charge is 0.306 e. The van der Waals surface area contributed by atoms with E-state index in [0.29, 0.717) is 19.3 Å². The first-order valence-electron chi connectivity index (χ1n) is 22.8. The number of hydrogen-bond donors (Lipinski definition) is 0. The van der Waals surface area contributed by atoms with E-state index in [1.54, 1.807) is 0 Å². The van der Waals surface area contributed by atoms with E-state index in [1.165, 1.54) is 89.9 Å². The largest absolute Gasteiger partial charge is 0.462 e. The summed E-state index contributed by atoms with van der Waals surface area (Å²) in [5.74, 6) is -0.952. The second kappa shape index (κ2) is 43.8. The number of rotatable bonds is 40. The van der Waals surface area contributed by atoms with Crippen LogP contribution >= 0.6 is 0 Å². The molecule has 0 saturated carbocycles. The van der Waals surface area contributed by atoms with Crippen molar-refractivity contribution in [2.75, 3.05) is 13.2 Å². The summed E-state index contributed by atoms with van der Waals surface area (Å²) in [6.45, 7) is 6.42. The summed E-state index contributed by atoms with van der Waals surface area (Å²) in [6.07, 6.45) is 52.0. The van der Waals surface area contributed by atoms with Gasteiger partial charge in [0.15, 0.2) is 6.10 Å². The van der Waals surface area contributed by atoms with Crippen LogP contribution in [0.25, 0.3) is 0 Å². The minimum atomic E-state index is -0.793. The lowest BCUT2D eigenvalue weighted by molar-refractivity contribution is -0.167. The monoisotopic (exact) mass is 769 g/mol. The number of esters is 3. The molecule has 0 heterocycles. The maximum Gasteiger partial charge on any atom is 0.306 e. The Labute approximate surface area is 339 Å². The molecule has 0 N–H and O–H groups in total. The third-order valence-corrected chi connectivity index (χ3v) is 9.60. The SMILES string of the molecule is CC\C=C/C=C\C=C/C=C\CCCCCC(=O)OCC(COC(=O)CCCCCCCCCCCCC)OC(=O)CCCCC/C=C\CCCCCCCC. The van der Waals surface area contributed by atoms with E-state index in [9.17, 15) is 14.4 Å². The second-order valence-corrected chi connectivity index (χ2v) is 15.0. The molecule has 0 bridgehead atoms. The van der Waals surface area contributed by atoms with E-state index in [2.05, 4.69) is 45.1 Å². The van der Waals surface area contributed by atoms with E-state index in [4.69, 9.17) is 14.2 Å². The van der Waals surface area contributed by atoms with Crippen LogP contribution in [-0.2, 0) is 28.6 Å². The molecule has 0 aromatic heterocycles. The Hall–Kier alpha value is -2.89. The van der Waals surface area contributed by atoms with Gasteiger partial charge in [0, 0.05) is 19.3 Å². The van der Waals surface area contributed by atoms with Crippen LogP contribution in [0.2, 0.25) is 0 Å². The average molecular weight is 769 g/mol. The third kappa shape index (κ3) is 42.1. The van der Waals surface area contributed by atoms with Crippen LogP contribution < -0.4 is 0 Å². The molecule has 0 spiro atoms. The molecule has 1 atom stereocenters. The van der Waals surface area contributed by atoms with Gasteiger partial charge >= 0.3 is 17.9 Å². The van der Waals surface area contributed by atoms with Crippen LogP contribution in [0, 0.1) is 0 Å². The Bertz CT molecular complexity index is 1020. The average Bonchev–Trinajstić information content (AvgIpc) is 3.18. The van der Waals surface area contributed by atoms with E-state index < -0.39 is 6.10 Å². The molecule has 0 aliphatic heterocycles. The van der Waals surface area contributed by atoms with Gasteiger partial charge in [-0.3, -0.25) is 14.4 Å². The molecule has 0 aromatic rings. The molecule has 0 amide bonds. The Morgan fingerprint density at radius 3 is 1.18 bits per heavy atom. The maximum atomic E-state index is 12.7. The molecule has 316 valence electrons. The number of unbranched alkanes of at least 4 members (excludes halogenated alkanes) is 22. The molecular formula is C49H84O6. The fraction of sp³-hybridized carbons (Fsp3) is 0.735. The van der Waals surface area contributed by atoms with Crippen molar-refractivity contribution in [1.29, 1.82) is 0 Å². The molecule has 1 unspecified atom stereocenters. The standard InChI is InChI=1S/C49H84O6/c1-4-7-10-13-16-19-22-24-27-30-33-36-39-42-48(51)54-45-46(44-53-47(50)41-38-35-32-29-26-21-18-15-12-9-6-3)55-49(52)43-40-37-34-31-28-25-23-20-17-14-11-8-5-2/h7,10,13,16,19,22,24-25,27-28,46H,4-6,8-9,11-12,14-15,17-18,20-21,23,26,29-45H2,1-3H3/b10-7-,16-13-,22-19-,27-24-,28-25-. The van der Waals surface area contributed by atoms with Crippen molar-refractivity contribution in [3.05, 3.63) is 60.8 Å². The molecule has 6 heteroatoms. The number of carbonyl (C=O) groups is 3. The summed E-state index contributed by atoms with van der Waals surface area (Å²) in [7, 11) is 0. The van der Waals surface area contributed by atoms with Crippen molar-refractivity contribution in [2.45, 2.75) is 219 Å². The van der Waals surface area contributed by atoms with E-state index in [0.717, 1.165) is 83.5 Å². The van der Waals surface area contributed by atoms with Crippen molar-refractivity contribution < 1.29 is 28.6 Å². The molecular weight excluding hydrogens is 685 g/mol. The van der Waals surface area contributed by atoms with Crippen molar-refractivity contribution in [1.82, 2.24) is 0 Å². The predicted molar refractivity (Wildman–Crippen MR) is 233 cm³/mol. The van der Waals surface area contributed by atoms with Gasteiger partial charge in [0.2, 0.25) is 0 Å². The van der Waals surface area contributed by atoms with Gasteiger partial charge in [-0.25, -0.2) is 0 Å². The van der Waals surface area contributed by atoms with Crippen molar-refractivity contribution >= 4 is 17.9 Å². The van der Waals surface area contributed by atoms with E-state index in [-0.39, 0.29) is 31.1 Å². The molecule has 0 rings (SSSR count). The molecule has 0 aliphatic carbocycles. The highest BCUT2D eigenvalue weighted by Crippen LogP contribution is 2.14. The number of hydrogen-bond acceptors (Lipinski definition) is 6. The minimum absolute atomic E-state index is 0.0920. The highest BCUT2D eigenvalue weighted by atomic mass is 16.6. The summed E-state index contributed by atoms with van der Waals surface area (Å²) in [5, 5.41) is 0. The van der Waals surface area contributed by atoms with Crippen LogP contribution in [0.4, 0.5) is 0 Å². The summed E-state index contributed by atoms with van der Waals surface area (Å²) in [5.41, 5.74) is 0. The topological polar surface area (TPSA) is 78.9 Å². The highest BCUT2D eigenvalue weighted by Gasteiger charge is 2.19. The molecule has 6 nitrogen and oxygen atoms in total. The zero-order valence-electron chi connectivity index (χ0n) is 35.9. The normalized spacial score (nSPS) is 12.6. The second-order valence-electron chi connectivity index (χ2n) is 15.0. The van der Waals surface area contributed by atoms with Gasteiger partial charge in [0.1, 0.15) is 13.2 Å². The molecule has 0 aliphatic rings. The first kappa shape index (κ1) is 52.1. The first-order valence-corrected chi connectivity index (χ1v) is 22.8. The van der Waals surface area contributed by atoms with Crippen LogP contribution in [0.3, 0.4) is 0 Å². The quantitative estimate of drug-likeness (QED) is 0.0203. The van der Waals surface area contributed by atoms with Crippen molar-refractivity contribution in [3.8, 4) is 0 Å². The van der Waals surface area contributed by atoms with Gasteiger partial charge in [-0.05, 0) is 64.2 Å². The Kier molecular flexibility index (Phi) is 41.5. The van der Waals surface area contributed by atoms with Crippen LogP contribution in [0.5, 0.6) is 0 Å². The van der Waals surface area contributed by atoms with E-state index >= 15 is 0 Å². The van der Waals surface area contributed by atoms with Gasteiger partial charge in [0.05, 0.1) is 0 Å². The summed E-state index contributed by atoms with van der Waals surface area (Å²) in [6, 6.07) is 0. The summed E-state index contributed by atoms with van der Waals surface area (Å²) < 4.78 is 16.7. The highest BCUT2D eigenvalue weighted by molar-refractivity contribution is 5.71. The van der Waals surface area contributed by atoms with Crippen LogP contribution in [0.15, 0.2) is 60.8 Å². The van der Waals surface area contributed by atoms with Crippen LogP contribution in [0.1, 0.15) is 213 Å². The molecule has 0 radical (unpaired) electrons. The Balaban J connectivity index is 4.47. The molecule has 55 heavy (non-hydrogen) atoms. The number of ether oxygens (including phenoxy) is 3. The fourth-order valence-corrected chi connectivity index (χ4v) is 6.15. The zero-order valence-corrected chi connectivity index (χ0v) is 35.9. The van der Waals surface area contributed by atoms with E-state index in [1.807, 2.05) is 36.5 Å². The molecule has 0 saturated heterocycles. The third-order valence-electron chi connectivity index (χ3n) is 9.60. The lowest BCUT2D eigenvalue weighted by Gasteiger charge is -2.18. The predicted octanol–water partition coefficient (Wildman–Crippen LogP) is 14.5. The summed E-state index contributed by atoms with van der Waals surface area (Å²) in [4.78, 5) is 37.7. The lowest BCUT2D eigenvalue weighted by Crippen LogP contribution is -2.30. The summed E-state index contributed by atoms with van der Waals surface area (Å²) >= 11 is 0. The molecule has 0 fully saturated rings. The van der Waals surface area contributed by atoms with Gasteiger partial charge < -0.3 is 14.2 Å². The van der Waals surface area contributed by atoms with Gasteiger partial charge in [0.25, 0.3) is 0 Å². The van der Waals surface area contributed by atoms with Crippen LogP contribution in [-0.4, -0.2) is 37.2 Å². The van der Waals surface area contributed by atoms with Gasteiger partial charge in [-0.15, -0.1) is 0 Å². The minimum Gasteiger partial charge on any atom is -0.462 e. The maximum absolute atomic E-state index is 12.7. The Morgan fingerprint density at radius 2 is 0.727 bits per heavy atom. The van der Waals surface area contributed by atoms with Gasteiger partial charge in [-0.2, -0.15) is 0 Å². The van der Waals surface area contributed by atoms with Crippen molar-refractivity contribution in [2.24, 2.45) is 0 Å². The molecule has 0 aromatic carbocycles. The number of allylic oxidation sites excluding steroid dienone is 10.